The number of rotatable bonds is 1. The van der Waals surface area contributed by atoms with E-state index < -0.39 is 11.7 Å². The van der Waals surface area contributed by atoms with Crippen molar-refractivity contribution >= 4 is 10.9 Å². The third kappa shape index (κ3) is 2.52. The van der Waals surface area contributed by atoms with Gasteiger partial charge in [0.15, 0.2) is 0 Å². The molecule has 0 aliphatic heterocycles. The van der Waals surface area contributed by atoms with Crippen LogP contribution in [0.4, 0.5) is 13.2 Å². The molecule has 0 bridgehead atoms. The first kappa shape index (κ1) is 13.4. The zero-order valence-electron chi connectivity index (χ0n) is 10.6. The highest BCUT2D eigenvalue weighted by molar-refractivity contribution is 5.79. The van der Waals surface area contributed by atoms with Gasteiger partial charge in [-0.15, -0.1) is 0 Å². The number of nitrogens with one attached hydrogen (secondary N) is 1. The predicted molar refractivity (Wildman–Crippen MR) is 72.8 cm³/mol. The van der Waals surface area contributed by atoms with E-state index in [-0.39, 0.29) is 16.9 Å². The van der Waals surface area contributed by atoms with Crippen molar-refractivity contribution in [2.24, 2.45) is 0 Å². The Hall–Kier alpha value is -2.63. The molecule has 0 atom stereocenters. The fourth-order valence-electron chi connectivity index (χ4n) is 2.07. The molecule has 0 aliphatic rings. The van der Waals surface area contributed by atoms with E-state index in [1.165, 1.54) is 12.1 Å². The number of fused-ring (bicyclic) bond motifs is 1. The van der Waals surface area contributed by atoms with Crippen molar-refractivity contribution in [1.29, 1.82) is 0 Å². The molecule has 1 N–H and O–H groups in total. The van der Waals surface area contributed by atoms with Crippen LogP contribution in [-0.2, 0) is 6.18 Å². The van der Waals surface area contributed by atoms with Gasteiger partial charge in [0.05, 0.1) is 16.5 Å². The summed E-state index contributed by atoms with van der Waals surface area (Å²) in [5, 5.41) is 0.397. The van der Waals surface area contributed by atoms with E-state index in [0.29, 0.717) is 10.9 Å². The Labute approximate surface area is 117 Å². The van der Waals surface area contributed by atoms with Crippen molar-refractivity contribution in [3.8, 4) is 11.4 Å². The minimum atomic E-state index is -4.44. The third-order valence-electron chi connectivity index (χ3n) is 3.08. The molecular weight excluding hydrogens is 281 g/mol. The molecule has 106 valence electrons. The van der Waals surface area contributed by atoms with Gasteiger partial charge in [-0.3, -0.25) is 4.79 Å². The van der Waals surface area contributed by atoms with Crippen molar-refractivity contribution in [1.82, 2.24) is 9.97 Å². The molecule has 0 amide bonds. The molecule has 3 aromatic rings. The number of benzene rings is 2. The van der Waals surface area contributed by atoms with Crippen molar-refractivity contribution in [3.63, 3.8) is 0 Å². The van der Waals surface area contributed by atoms with Crippen LogP contribution in [0.3, 0.4) is 0 Å². The van der Waals surface area contributed by atoms with Crippen molar-refractivity contribution in [2.45, 2.75) is 6.18 Å². The van der Waals surface area contributed by atoms with Crippen LogP contribution in [0.25, 0.3) is 22.3 Å². The highest BCUT2D eigenvalue weighted by atomic mass is 19.4. The molecule has 0 saturated carbocycles. The summed E-state index contributed by atoms with van der Waals surface area (Å²) in [7, 11) is 0. The quantitative estimate of drug-likeness (QED) is 0.744. The Balaban J connectivity index is 2.19. The zero-order valence-corrected chi connectivity index (χ0v) is 10.6. The monoisotopic (exact) mass is 290 g/mol. The largest absolute Gasteiger partial charge is 0.416 e. The predicted octanol–water partition coefficient (Wildman–Crippen LogP) is 3.61. The molecule has 0 spiro atoms. The van der Waals surface area contributed by atoms with Gasteiger partial charge in [0.25, 0.3) is 5.56 Å². The first-order valence-electron chi connectivity index (χ1n) is 6.12. The molecule has 0 fully saturated rings. The Bertz CT molecular complexity index is 868. The lowest BCUT2D eigenvalue weighted by Gasteiger charge is -2.08. The van der Waals surface area contributed by atoms with Gasteiger partial charge in [-0.1, -0.05) is 24.3 Å². The van der Waals surface area contributed by atoms with Crippen LogP contribution in [0.5, 0.6) is 0 Å². The first-order valence-corrected chi connectivity index (χ1v) is 6.12. The zero-order chi connectivity index (χ0) is 15.0. The van der Waals surface area contributed by atoms with Crippen LogP contribution in [0.2, 0.25) is 0 Å². The molecule has 6 heteroatoms. The molecule has 21 heavy (non-hydrogen) atoms. The smallest absolute Gasteiger partial charge is 0.306 e. The number of alkyl halides is 3. The molecule has 0 unspecified atom stereocenters. The maximum atomic E-state index is 12.7. The van der Waals surface area contributed by atoms with E-state index in [0.717, 1.165) is 12.1 Å². The number of para-hydroxylation sites is 1. The second-order valence-corrected chi connectivity index (χ2v) is 4.51. The number of halogens is 3. The maximum absolute atomic E-state index is 12.7. The molecule has 0 aliphatic carbocycles. The normalized spacial score (nSPS) is 11.8. The van der Waals surface area contributed by atoms with E-state index in [1.807, 2.05) is 0 Å². The van der Waals surface area contributed by atoms with E-state index in [2.05, 4.69) is 9.97 Å². The second-order valence-electron chi connectivity index (χ2n) is 4.51. The van der Waals surface area contributed by atoms with Gasteiger partial charge in [0, 0.05) is 5.56 Å². The topological polar surface area (TPSA) is 45.8 Å². The number of aromatic nitrogens is 2. The van der Waals surface area contributed by atoms with Gasteiger partial charge >= 0.3 is 6.18 Å². The summed E-state index contributed by atoms with van der Waals surface area (Å²) in [6.07, 6.45) is -4.44. The van der Waals surface area contributed by atoms with Crippen molar-refractivity contribution < 1.29 is 13.2 Å². The van der Waals surface area contributed by atoms with E-state index in [9.17, 15) is 18.0 Å². The van der Waals surface area contributed by atoms with Gasteiger partial charge < -0.3 is 4.98 Å². The fraction of sp³-hybridized carbons (Fsp3) is 0.0667. The summed E-state index contributed by atoms with van der Waals surface area (Å²) >= 11 is 0. The van der Waals surface area contributed by atoms with Crippen LogP contribution < -0.4 is 5.56 Å². The average Bonchev–Trinajstić information content (AvgIpc) is 2.46. The van der Waals surface area contributed by atoms with Gasteiger partial charge in [-0.05, 0) is 24.3 Å². The molecule has 1 aromatic heterocycles. The second kappa shape index (κ2) is 4.73. The number of hydrogen-bond acceptors (Lipinski definition) is 2. The van der Waals surface area contributed by atoms with E-state index in [1.54, 1.807) is 24.3 Å². The van der Waals surface area contributed by atoms with Gasteiger partial charge in [-0.2, -0.15) is 13.2 Å². The average molecular weight is 290 g/mol. The molecular formula is C15H9F3N2O. The van der Waals surface area contributed by atoms with Crippen LogP contribution in [0, 0.1) is 0 Å². The standard InChI is InChI=1S/C15H9F3N2O/c16-15(17,18)10-5-3-4-9(8-10)13-19-12-7-2-1-6-11(12)14(21)20-13/h1-8H,(H,19,20,21). The summed E-state index contributed by atoms with van der Waals surface area (Å²) in [6.45, 7) is 0. The lowest BCUT2D eigenvalue weighted by Crippen LogP contribution is -2.10. The molecule has 3 rings (SSSR count). The summed E-state index contributed by atoms with van der Waals surface area (Å²) in [5.41, 5.74) is -0.509. The van der Waals surface area contributed by atoms with Gasteiger partial charge in [-0.25, -0.2) is 4.98 Å². The summed E-state index contributed by atoms with van der Waals surface area (Å²) in [6, 6.07) is 11.4. The number of aromatic amines is 1. The number of hydrogen-bond donors (Lipinski definition) is 1. The Morgan fingerprint density at radius 3 is 2.52 bits per heavy atom. The van der Waals surface area contributed by atoms with Crippen LogP contribution in [0.15, 0.2) is 53.3 Å². The molecule has 0 radical (unpaired) electrons. The molecule has 1 heterocycles. The van der Waals surface area contributed by atoms with E-state index >= 15 is 0 Å². The lowest BCUT2D eigenvalue weighted by molar-refractivity contribution is -0.137. The Kier molecular flexibility index (Phi) is 3.01. The maximum Gasteiger partial charge on any atom is 0.416 e. The highest BCUT2D eigenvalue weighted by Crippen LogP contribution is 2.31. The first-order chi connectivity index (χ1) is 9.95. The van der Waals surface area contributed by atoms with Crippen molar-refractivity contribution in [3.05, 3.63) is 64.4 Å². The minimum Gasteiger partial charge on any atom is -0.306 e. The van der Waals surface area contributed by atoms with Crippen LogP contribution in [0.1, 0.15) is 5.56 Å². The SMILES string of the molecule is O=c1[nH]c(-c2cccc(C(F)(F)F)c2)nc2ccccc12. The third-order valence-corrected chi connectivity index (χ3v) is 3.08. The highest BCUT2D eigenvalue weighted by Gasteiger charge is 2.30. The minimum absolute atomic E-state index is 0.116. The van der Waals surface area contributed by atoms with Gasteiger partial charge in [0.1, 0.15) is 5.82 Å². The summed E-state index contributed by atoms with van der Waals surface area (Å²) in [5.74, 6) is 0.116. The van der Waals surface area contributed by atoms with Crippen LogP contribution in [-0.4, -0.2) is 9.97 Å². The van der Waals surface area contributed by atoms with Crippen LogP contribution >= 0.6 is 0 Å². The Morgan fingerprint density at radius 1 is 1.00 bits per heavy atom. The number of H-pyrrole nitrogens is 1. The lowest BCUT2D eigenvalue weighted by atomic mass is 10.1. The summed E-state index contributed by atoms with van der Waals surface area (Å²) < 4.78 is 38.2. The van der Waals surface area contributed by atoms with E-state index in [4.69, 9.17) is 0 Å². The van der Waals surface area contributed by atoms with Gasteiger partial charge in [0.2, 0.25) is 0 Å². The fourth-order valence-corrected chi connectivity index (χ4v) is 2.07. The molecule has 0 saturated heterocycles. The summed E-state index contributed by atoms with van der Waals surface area (Å²) in [4.78, 5) is 18.7. The Morgan fingerprint density at radius 2 is 1.76 bits per heavy atom. The molecule has 2 aromatic carbocycles. The molecule has 3 nitrogen and oxygen atoms in total. The van der Waals surface area contributed by atoms with Crippen molar-refractivity contribution in [2.75, 3.05) is 0 Å². The number of nitrogens with zero attached hydrogens (tertiary/aromatic N) is 1.